The van der Waals surface area contributed by atoms with Gasteiger partial charge in [0.25, 0.3) is 0 Å². The molecule has 1 saturated heterocycles. The van der Waals surface area contributed by atoms with E-state index in [2.05, 4.69) is 37.9 Å². The number of piperazine rings is 1. The minimum absolute atomic E-state index is 0.341. The monoisotopic (exact) mass is 252 g/mol. The molecule has 0 aromatic carbocycles. The molecule has 0 aromatic heterocycles. The first-order valence-corrected chi connectivity index (χ1v) is 8.07. The zero-order valence-corrected chi connectivity index (χ0v) is 12.8. The third-order valence-corrected chi connectivity index (χ3v) is 5.56. The first-order chi connectivity index (χ1) is 8.58. The molecule has 0 bridgehead atoms. The minimum atomic E-state index is 0.341. The molecule has 0 spiro atoms. The summed E-state index contributed by atoms with van der Waals surface area (Å²) in [5, 5.41) is 3.81. The summed E-state index contributed by atoms with van der Waals surface area (Å²) in [4.78, 5) is 2.82. The van der Waals surface area contributed by atoms with Crippen molar-refractivity contribution in [2.24, 2.45) is 11.8 Å². The van der Waals surface area contributed by atoms with Gasteiger partial charge in [-0.2, -0.15) is 0 Å². The zero-order valence-electron chi connectivity index (χ0n) is 12.8. The van der Waals surface area contributed by atoms with Crippen LogP contribution >= 0.6 is 0 Å². The Hall–Kier alpha value is -0.0800. The summed E-state index contributed by atoms with van der Waals surface area (Å²) in [6.45, 7) is 13.3. The SMILES string of the molecule is CCC(C)C1CNC(C)(CC)CN1CC1CCC1. The predicted octanol–water partition coefficient (Wildman–Crippen LogP) is 3.28. The first kappa shape index (κ1) is 14.3. The minimum Gasteiger partial charge on any atom is -0.309 e. The van der Waals surface area contributed by atoms with Crippen LogP contribution in [-0.2, 0) is 0 Å². The van der Waals surface area contributed by atoms with Gasteiger partial charge in [-0.25, -0.2) is 0 Å². The van der Waals surface area contributed by atoms with E-state index in [4.69, 9.17) is 0 Å². The van der Waals surface area contributed by atoms with Gasteiger partial charge in [0, 0.05) is 31.2 Å². The van der Waals surface area contributed by atoms with Crippen LogP contribution in [0.25, 0.3) is 0 Å². The Morgan fingerprint density at radius 1 is 1.33 bits per heavy atom. The van der Waals surface area contributed by atoms with Crippen LogP contribution in [0.2, 0.25) is 0 Å². The summed E-state index contributed by atoms with van der Waals surface area (Å²) < 4.78 is 0. The first-order valence-electron chi connectivity index (χ1n) is 8.07. The van der Waals surface area contributed by atoms with E-state index in [1.165, 1.54) is 51.7 Å². The highest BCUT2D eigenvalue weighted by atomic mass is 15.3. The van der Waals surface area contributed by atoms with Crippen molar-refractivity contribution in [3.63, 3.8) is 0 Å². The summed E-state index contributed by atoms with van der Waals surface area (Å²) in [5.41, 5.74) is 0.341. The Balaban J connectivity index is 2.00. The number of rotatable bonds is 5. The van der Waals surface area contributed by atoms with Crippen LogP contribution in [0, 0.1) is 11.8 Å². The number of hydrogen-bond donors (Lipinski definition) is 1. The second-order valence-corrected chi connectivity index (χ2v) is 6.97. The van der Waals surface area contributed by atoms with Crippen LogP contribution in [0.4, 0.5) is 0 Å². The number of hydrogen-bond acceptors (Lipinski definition) is 2. The summed E-state index contributed by atoms with van der Waals surface area (Å²) in [6.07, 6.45) is 6.95. The molecule has 1 saturated carbocycles. The molecule has 2 rings (SSSR count). The summed E-state index contributed by atoms with van der Waals surface area (Å²) in [6, 6.07) is 0.759. The Morgan fingerprint density at radius 3 is 2.56 bits per heavy atom. The average molecular weight is 252 g/mol. The molecule has 0 aromatic rings. The Bertz CT molecular complexity index is 262. The third-order valence-electron chi connectivity index (χ3n) is 5.56. The van der Waals surface area contributed by atoms with Crippen LogP contribution in [0.3, 0.4) is 0 Å². The molecule has 2 aliphatic rings. The summed E-state index contributed by atoms with van der Waals surface area (Å²) in [7, 11) is 0. The predicted molar refractivity (Wildman–Crippen MR) is 78.9 cm³/mol. The van der Waals surface area contributed by atoms with Gasteiger partial charge in [-0.3, -0.25) is 4.90 Å². The van der Waals surface area contributed by atoms with Crippen LogP contribution in [0.15, 0.2) is 0 Å². The molecule has 2 fully saturated rings. The van der Waals surface area contributed by atoms with Gasteiger partial charge in [0.1, 0.15) is 0 Å². The Kier molecular flexibility index (Phi) is 4.71. The molecule has 3 atom stereocenters. The molecule has 106 valence electrons. The van der Waals surface area contributed by atoms with E-state index in [1.807, 2.05) is 0 Å². The Labute approximate surface area is 114 Å². The fourth-order valence-electron chi connectivity index (χ4n) is 3.38. The van der Waals surface area contributed by atoms with Crippen molar-refractivity contribution < 1.29 is 0 Å². The lowest BCUT2D eigenvalue weighted by molar-refractivity contribution is 0.0311. The van der Waals surface area contributed by atoms with Crippen molar-refractivity contribution in [2.45, 2.75) is 71.4 Å². The zero-order chi connectivity index (χ0) is 13.2. The molecule has 18 heavy (non-hydrogen) atoms. The molecule has 1 aliphatic heterocycles. The van der Waals surface area contributed by atoms with Gasteiger partial charge in [0.05, 0.1) is 0 Å². The van der Waals surface area contributed by atoms with Crippen molar-refractivity contribution in [3.05, 3.63) is 0 Å². The highest BCUT2D eigenvalue weighted by Gasteiger charge is 2.37. The largest absolute Gasteiger partial charge is 0.309 e. The van der Waals surface area contributed by atoms with Crippen molar-refractivity contribution in [1.29, 1.82) is 0 Å². The van der Waals surface area contributed by atoms with Crippen LogP contribution < -0.4 is 5.32 Å². The van der Waals surface area contributed by atoms with Gasteiger partial charge in [-0.15, -0.1) is 0 Å². The van der Waals surface area contributed by atoms with Gasteiger partial charge >= 0.3 is 0 Å². The third kappa shape index (κ3) is 3.08. The van der Waals surface area contributed by atoms with Crippen molar-refractivity contribution in [3.8, 4) is 0 Å². The smallest absolute Gasteiger partial charge is 0.0278 e. The van der Waals surface area contributed by atoms with Crippen molar-refractivity contribution >= 4 is 0 Å². The van der Waals surface area contributed by atoms with Gasteiger partial charge in [-0.05, 0) is 38.0 Å². The maximum Gasteiger partial charge on any atom is 0.0278 e. The molecular weight excluding hydrogens is 220 g/mol. The average Bonchev–Trinajstić information content (AvgIpc) is 2.33. The molecule has 1 N–H and O–H groups in total. The second-order valence-electron chi connectivity index (χ2n) is 6.97. The van der Waals surface area contributed by atoms with Crippen molar-refractivity contribution in [2.75, 3.05) is 19.6 Å². The number of nitrogens with zero attached hydrogens (tertiary/aromatic N) is 1. The summed E-state index contributed by atoms with van der Waals surface area (Å²) >= 11 is 0. The van der Waals surface area contributed by atoms with Crippen LogP contribution in [0.5, 0.6) is 0 Å². The molecule has 1 aliphatic carbocycles. The Morgan fingerprint density at radius 2 is 2.06 bits per heavy atom. The topological polar surface area (TPSA) is 15.3 Å². The second kappa shape index (κ2) is 5.92. The maximum absolute atomic E-state index is 3.81. The van der Waals surface area contributed by atoms with Crippen LogP contribution in [-0.4, -0.2) is 36.1 Å². The van der Waals surface area contributed by atoms with E-state index in [0.717, 1.165) is 17.9 Å². The number of nitrogens with one attached hydrogen (secondary N) is 1. The quantitative estimate of drug-likeness (QED) is 0.808. The molecule has 1 heterocycles. The molecule has 3 unspecified atom stereocenters. The van der Waals surface area contributed by atoms with E-state index in [-0.39, 0.29) is 0 Å². The van der Waals surface area contributed by atoms with Gasteiger partial charge in [0.15, 0.2) is 0 Å². The van der Waals surface area contributed by atoms with E-state index < -0.39 is 0 Å². The van der Waals surface area contributed by atoms with Gasteiger partial charge < -0.3 is 5.32 Å². The lowest BCUT2D eigenvalue weighted by Gasteiger charge is -2.49. The van der Waals surface area contributed by atoms with E-state index in [1.54, 1.807) is 0 Å². The lowest BCUT2D eigenvalue weighted by atomic mass is 9.82. The standard InChI is InChI=1S/C16H32N2/c1-5-13(3)15-10-17-16(4,6-2)12-18(15)11-14-8-7-9-14/h13-15,17H,5-12H2,1-4H3. The maximum atomic E-state index is 3.81. The highest BCUT2D eigenvalue weighted by Crippen LogP contribution is 2.31. The molecular formula is C16H32N2. The van der Waals surface area contributed by atoms with Gasteiger partial charge in [-0.1, -0.05) is 33.6 Å². The molecule has 0 radical (unpaired) electrons. The normalized spacial score (nSPS) is 36.3. The van der Waals surface area contributed by atoms with Crippen molar-refractivity contribution in [1.82, 2.24) is 10.2 Å². The molecule has 2 nitrogen and oxygen atoms in total. The van der Waals surface area contributed by atoms with Gasteiger partial charge in [0.2, 0.25) is 0 Å². The fraction of sp³-hybridized carbons (Fsp3) is 1.00. The molecule has 0 amide bonds. The lowest BCUT2D eigenvalue weighted by Crippen LogP contribution is -2.64. The molecule has 2 heteroatoms. The van der Waals surface area contributed by atoms with Crippen LogP contribution in [0.1, 0.15) is 59.8 Å². The van der Waals surface area contributed by atoms with E-state index in [0.29, 0.717) is 5.54 Å². The van der Waals surface area contributed by atoms with E-state index >= 15 is 0 Å². The fourth-order valence-corrected chi connectivity index (χ4v) is 3.38. The summed E-state index contributed by atoms with van der Waals surface area (Å²) in [5.74, 6) is 1.81. The van der Waals surface area contributed by atoms with E-state index in [9.17, 15) is 0 Å². The highest BCUT2D eigenvalue weighted by molar-refractivity contribution is 4.96.